The number of carbonyl (C=O) groups excluding carboxylic acids is 3. The SMILES string of the molecule is C=C1C(=O)O[C@H]2CC3=C[C@@H](C/C(C)=C/[C@H](OC(=O)Cc4cccc5ccccc45)[C@H]12)OC3=O. The Hall–Kier alpha value is -3.67. The van der Waals surface area contributed by atoms with Crippen LogP contribution in [-0.4, -0.2) is 36.2 Å². The average molecular weight is 444 g/mol. The first kappa shape index (κ1) is 21.2. The molecule has 6 nitrogen and oxygen atoms in total. The van der Waals surface area contributed by atoms with Crippen LogP contribution in [0.1, 0.15) is 25.3 Å². The lowest BCUT2D eigenvalue weighted by atomic mass is 9.85. The Morgan fingerprint density at radius 3 is 2.67 bits per heavy atom. The Balaban J connectivity index is 1.43. The largest absolute Gasteiger partial charge is 0.458 e. The highest BCUT2D eigenvalue weighted by molar-refractivity contribution is 5.93. The fourth-order valence-electron chi connectivity index (χ4n) is 4.91. The summed E-state index contributed by atoms with van der Waals surface area (Å²) in [6.45, 7) is 5.79. The van der Waals surface area contributed by atoms with Gasteiger partial charge in [0.25, 0.3) is 0 Å². The lowest BCUT2D eigenvalue weighted by molar-refractivity contribution is -0.149. The maximum atomic E-state index is 13.1. The van der Waals surface area contributed by atoms with Gasteiger partial charge in [-0.2, -0.15) is 0 Å². The second kappa shape index (κ2) is 8.35. The fraction of sp³-hybridized carbons (Fsp3) is 0.296. The molecule has 5 rings (SSSR count). The summed E-state index contributed by atoms with van der Waals surface area (Å²) in [5, 5.41) is 2.05. The summed E-state index contributed by atoms with van der Waals surface area (Å²) < 4.78 is 16.9. The molecule has 0 saturated carbocycles. The van der Waals surface area contributed by atoms with Gasteiger partial charge in [0.15, 0.2) is 0 Å². The summed E-state index contributed by atoms with van der Waals surface area (Å²) in [6, 6.07) is 13.7. The summed E-state index contributed by atoms with van der Waals surface area (Å²) >= 11 is 0. The molecule has 6 heteroatoms. The van der Waals surface area contributed by atoms with Crippen LogP contribution in [0.25, 0.3) is 10.8 Å². The monoisotopic (exact) mass is 444 g/mol. The van der Waals surface area contributed by atoms with Gasteiger partial charge in [0.05, 0.1) is 12.3 Å². The number of benzene rings is 2. The van der Waals surface area contributed by atoms with Crippen LogP contribution >= 0.6 is 0 Å². The van der Waals surface area contributed by atoms with Crippen molar-refractivity contribution in [2.75, 3.05) is 0 Å². The smallest absolute Gasteiger partial charge is 0.334 e. The lowest BCUT2D eigenvalue weighted by Crippen LogP contribution is -2.33. The van der Waals surface area contributed by atoms with E-state index in [2.05, 4.69) is 6.58 Å². The molecule has 0 spiro atoms. The maximum absolute atomic E-state index is 13.1. The van der Waals surface area contributed by atoms with Crippen LogP contribution in [0.3, 0.4) is 0 Å². The van der Waals surface area contributed by atoms with Crippen LogP contribution in [0.15, 0.2) is 77.9 Å². The number of carbonyl (C=O) groups is 3. The first-order valence-corrected chi connectivity index (χ1v) is 11.0. The highest BCUT2D eigenvalue weighted by Gasteiger charge is 2.46. The zero-order valence-corrected chi connectivity index (χ0v) is 18.3. The van der Waals surface area contributed by atoms with Gasteiger partial charge in [-0.3, -0.25) is 4.79 Å². The van der Waals surface area contributed by atoms with E-state index in [0.29, 0.717) is 12.0 Å². The third kappa shape index (κ3) is 4.09. The minimum Gasteiger partial charge on any atom is -0.458 e. The molecule has 1 fully saturated rings. The van der Waals surface area contributed by atoms with Gasteiger partial charge in [0.1, 0.15) is 18.3 Å². The van der Waals surface area contributed by atoms with E-state index in [1.807, 2.05) is 55.5 Å². The second-order valence-electron chi connectivity index (χ2n) is 8.82. The highest BCUT2D eigenvalue weighted by Crippen LogP contribution is 2.38. The van der Waals surface area contributed by atoms with Crippen molar-refractivity contribution in [2.45, 2.75) is 44.5 Å². The van der Waals surface area contributed by atoms with Crippen molar-refractivity contribution in [3.63, 3.8) is 0 Å². The summed E-state index contributed by atoms with van der Waals surface area (Å²) in [4.78, 5) is 37.7. The highest BCUT2D eigenvalue weighted by atomic mass is 16.6. The molecule has 2 heterocycles. The zero-order chi connectivity index (χ0) is 23.1. The van der Waals surface area contributed by atoms with Gasteiger partial charge in [0.2, 0.25) is 0 Å². The fourth-order valence-corrected chi connectivity index (χ4v) is 4.91. The Labute approximate surface area is 191 Å². The molecule has 1 saturated heterocycles. The Bertz CT molecular complexity index is 1230. The molecule has 0 aromatic heterocycles. The summed E-state index contributed by atoms with van der Waals surface area (Å²) in [5.74, 6) is -1.91. The van der Waals surface area contributed by atoms with Gasteiger partial charge in [-0.05, 0) is 35.4 Å². The van der Waals surface area contributed by atoms with E-state index in [4.69, 9.17) is 14.2 Å². The van der Waals surface area contributed by atoms with Crippen molar-refractivity contribution in [1.29, 1.82) is 0 Å². The zero-order valence-electron chi connectivity index (χ0n) is 18.3. The number of rotatable bonds is 3. The van der Waals surface area contributed by atoms with Gasteiger partial charge < -0.3 is 14.2 Å². The molecule has 2 aromatic carbocycles. The predicted octanol–water partition coefficient (Wildman–Crippen LogP) is 3.98. The van der Waals surface area contributed by atoms with Crippen LogP contribution in [0.5, 0.6) is 0 Å². The molecule has 3 aliphatic rings. The standard InChI is InChI=1S/C27H24O6/c1-15-10-20-12-19(27(30)31-20)13-23-25(16(2)26(29)33-23)22(11-15)32-24(28)14-18-8-5-7-17-6-3-4-9-21(17)18/h3-9,11-12,20,22-23,25H,2,10,13-14H2,1H3/b15-11+/t20-,22+,23+,25+/m1/s1. The second-order valence-corrected chi connectivity index (χ2v) is 8.82. The van der Waals surface area contributed by atoms with Crippen LogP contribution in [0.4, 0.5) is 0 Å². The van der Waals surface area contributed by atoms with Crippen molar-refractivity contribution in [1.82, 2.24) is 0 Å². The Morgan fingerprint density at radius 2 is 1.82 bits per heavy atom. The number of ether oxygens (including phenoxy) is 3. The molecule has 1 aliphatic carbocycles. The molecular weight excluding hydrogens is 420 g/mol. The van der Waals surface area contributed by atoms with Crippen molar-refractivity contribution >= 4 is 28.7 Å². The van der Waals surface area contributed by atoms with E-state index < -0.39 is 36.0 Å². The minimum atomic E-state index is -0.732. The number of hydrogen-bond donors (Lipinski definition) is 0. The van der Waals surface area contributed by atoms with Crippen LogP contribution in [0, 0.1) is 5.92 Å². The van der Waals surface area contributed by atoms with Gasteiger partial charge in [-0.15, -0.1) is 0 Å². The van der Waals surface area contributed by atoms with E-state index >= 15 is 0 Å². The quantitative estimate of drug-likeness (QED) is 0.308. The molecular formula is C27H24O6. The van der Waals surface area contributed by atoms with Crippen molar-refractivity contribution in [3.8, 4) is 0 Å². The Kier molecular flexibility index (Phi) is 5.36. The Morgan fingerprint density at radius 1 is 1.03 bits per heavy atom. The van der Waals surface area contributed by atoms with Gasteiger partial charge >= 0.3 is 17.9 Å². The third-order valence-electron chi connectivity index (χ3n) is 6.46. The van der Waals surface area contributed by atoms with Crippen LogP contribution in [0.2, 0.25) is 0 Å². The van der Waals surface area contributed by atoms with Gasteiger partial charge in [-0.25, -0.2) is 9.59 Å². The van der Waals surface area contributed by atoms with E-state index in [-0.39, 0.29) is 24.5 Å². The summed E-state index contributed by atoms with van der Waals surface area (Å²) in [5.41, 5.74) is 2.49. The summed E-state index contributed by atoms with van der Waals surface area (Å²) in [6.07, 6.45) is 2.66. The van der Waals surface area contributed by atoms with Crippen LogP contribution < -0.4 is 0 Å². The lowest BCUT2D eigenvalue weighted by Gasteiger charge is -2.26. The van der Waals surface area contributed by atoms with E-state index in [1.54, 1.807) is 6.08 Å². The minimum absolute atomic E-state index is 0.0960. The van der Waals surface area contributed by atoms with Crippen molar-refractivity contribution < 1.29 is 28.6 Å². The predicted molar refractivity (Wildman–Crippen MR) is 121 cm³/mol. The maximum Gasteiger partial charge on any atom is 0.334 e. The molecule has 0 amide bonds. The number of hydrogen-bond acceptors (Lipinski definition) is 6. The topological polar surface area (TPSA) is 78.9 Å². The van der Waals surface area contributed by atoms with Gasteiger partial charge in [0, 0.05) is 24.0 Å². The molecule has 0 N–H and O–H groups in total. The summed E-state index contributed by atoms with van der Waals surface area (Å²) in [7, 11) is 0. The van der Waals surface area contributed by atoms with E-state index in [1.165, 1.54) is 0 Å². The molecule has 168 valence electrons. The normalized spacial score (nSPS) is 28.3. The first-order chi connectivity index (χ1) is 15.9. The third-order valence-corrected chi connectivity index (χ3v) is 6.46. The van der Waals surface area contributed by atoms with Gasteiger partial charge in [-0.1, -0.05) is 54.6 Å². The van der Waals surface area contributed by atoms with E-state index in [9.17, 15) is 14.4 Å². The number of esters is 3. The molecule has 4 atom stereocenters. The first-order valence-electron chi connectivity index (χ1n) is 11.0. The number of fused-ring (bicyclic) bond motifs is 3. The van der Waals surface area contributed by atoms with Crippen molar-refractivity contribution in [2.24, 2.45) is 5.92 Å². The van der Waals surface area contributed by atoms with E-state index in [0.717, 1.165) is 21.9 Å². The molecule has 0 radical (unpaired) electrons. The van der Waals surface area contributed by atoms with Crippen LogP contribution in [-0.2, 0) is 35.0 Å². The molecule has 0 unspecified atom stereocenters. The molecule has 2 aromatic rings. The average Bonchev–Trinajstić information content (AvgIpc) is 3.25. The van der Waals surface area contributed by atoms with Crippen molar-refractivity contribution in [3.05, 3.63) is 83.5 Å². The molecule has 33 heavy (non-hydrogen) atoms. The molecule has 2 aliphatic heterocycles. The molecule has 2 bridgehead atoms.